The molecule has 45 heavy (non-hydrogen) atoms. The van der Waals surface area contributed by atoms with E-state index in [1.54, 1.807) is 0 Å². The van der Waals surface area contributed by atoms with Crippen molar-refractivity contribution in [3.8, 4) is 0 Å². The van der Waals surface area contributed by atoms with Crippen molar-refractivity contribution in [1.82, 2.24) is 10.6 Å². The highest BCUT2D eigenvalue weighted by atomic mass is 19.4. The molecule has 0 saturated heterocycles. The summed E-state index contributed by atoms with van der Waals surface area (Å²) in [5.74, 6) is -86.4. The molecular weight excluding hydrogens is 720 g/mol. The second-order valence-corrected chi connectivity index (χ2v) is 8.53. The first-order chi connectivity index (χ1) is 19.3. The van der Waals surface area contributed by atoms with Crippen LogP contribution in [0.1, 0.15) is 6.92 Å². The maximum Gasteiger partial charge on any atom is 0.392 e. The molecule has 0 aromatic rings. The Hall–Kier alpha value is -2.74. The summed E-state index contributed by atoms with van der Waals surface area (Å²) in [6, 6.07) is -2.85. The molecule has 28 heteroatoms. The van der Waals surface area contributed by atoms with Crippen LogP contribution in [0.3, 0.4) is 0 Å². The molecule has 0 aliphatic carbocycles. The first kappa shape index (κ1) is 42.3. The molecule has 0 fully saturated rings. The smallest absolute Gasteiger partial charge is 0.349 e. The Morgan fingerprint density at radius 2 is 0.733 bits per heavy atom. The third kappa shape index (κ3) is 6.08. The molecule has 0 aliphatic heterocycles. The molecule has 0 rings (SSSR count). The molecule has 4 nitrogen and oxygen atoms in total. The largest absolute Gasteiger partial charge is 0.392 e. The van der Waals surface area contributed by atoms with Gasteiger partial charge in [0.2, 0.25) is 0 Å². The van der Waals surface area contributed by atoms with Crippen LogP contribution in [0, 0.1) is 0 Å². The van der Waals surface area contributed by atoms with Gasteiger partial charge in [0.1, 0.15) is 0 Å². The van der Waals surface area contributed by atoms with E-state index in [1.807, 2.05) is 0 Å². The number of halogens is 24. The quantitative estimate of drug-likeness (QED) is 0.190. The Morgan fingerprint density at radius 1 is 0.467 bits per heavy atom. The normalized spacial score (nSPS) is 16.2. The van der Waals surface area contributed by atoms with Crippen molar-refractivity contribution in [2.24, 2.45) is 0 Å². The van der Waals surface area contributed by atoms with Crippen LogP contribution in [0.25, 0.3) is 0 Å². The van der Waals surface area contributed by atoms with Crippen molar-refractivity contribution >= 4 is 11.8 Å². The monoisotopic (exact) mass is 730 g/mol. The molecule has 0 heterocycles. The van der Waals surface area contributed by atoms with Crippen LogP contribution in [0.5, 0.6) is 0 Å². The molecule has 2 amide bonds. The van der Waals surface area contributed by atoms with E-state index in [0.717, 1.165) is 0 Å². The number of carbonyl (C=O) groups is 2. The van der Waals surface area contributed by atoms with Gasteiger partial charge >= 0.3 is 72.1 Å². The van der Waals surface area contributed by atoms with Gasteiger partial charge in [-0.3, -0.25) is 9.59 Å². The van der Waals surface area contributed by atoms with Crippen molar-refractivity contribution in [3.63, 3.8) is 0 Å². The lowest BCUT2D eigenvalue weighted by Gasteiger charge is -2.39. The summed E-state index contributed by atoms with van der Waals surface area (Å²) in [6.45, 7) is -2.28. The molecule has 0 saturated carbocycles. The number of hydrogen-bond donors (Lipinski definition) is 2. The van der Waals surface area contributed by atoms with E-state index >= 15 is 0 Å². The van der Waals surface area contributed by atoms with Gasteiger partial charge in [-0.15, -0.1) is 0 Å². The van der Waals surface area contributed by atoms with Crippen molar-refractivity contribution in [3.05, 3.63) is 0 Å². The van der Waals surface area contributed by atoms with Crippen molar-refractivity contribution in [1.29, 1.82) is 0 Å². The van der Waals surface area contributed by atoms with Gasteiger partial charge in [-0.2, -0.15) is 87.8 Å². The van der Waals surface area contributed by atoms with Gasteiger partial charge in [-0.1, -0.05) is 0 Å². The lowest BCUT2D eigenvalue weighted by molar-refractivity contribution is -0.407. The Kier molecular flexibility index (Phi) is 11.1. The van der Waals surface area contributed by atoms with Gasteiger partial charge in [0.15, 0.2) is 0 Å². The Labute approximate surface area is 230 Å². The topological polar surface area (TPSA) is 58.2 Å². The minimum Gasteiger partial charge on any atom is -0.349 e. The lowest BCUT2D eigenvalue weighted by atomic mass is 9.93. The van der Waals surface area contributed by atoms with Gasteiger partial charge in [-0.05, 0) is 6.92 Å². The number of rotatable bonds is 15. The molecule has 0 radical (unpaired) electrons. The Bertz CT molecular complexity index is 1090. The number of amides is 2. The molecule has 0 bridgehead atoms. The Morgan fingerprint density at radius 3 is 1.00 bits per heavy atom. The third-order valence-electron chi connectivity index (χ3n) is 5.27. The molecular formula is C17H10F24N2O2. The molecule has 1 unspecified atom stereocenters. The van der Waals surface area contributed by atoms with E-state index in [4.69, 9.17) is 0 Å². The third-order valence-corrected chi connectivity index (χ3v) is 5.27. The second kappa shape index (κ2) is 11.8. The minimum absolute atomic E-state index is 0.0215. The van der Waals surface area contributed by atoms with E-state index in [-0.39, 0.29) is 17.6 Å². The number of carbonyl (C=O) groups excluding carboxylic acids is 2. The predicted molar refractivity (Wildman–Crippen MR) is 92.1 cm³/mol. The molecule has 0 aliphatic rings. The summed E-state index contributed by atoms with van der Waals surface area (Å²) in [5.41, 5.74) is 0. The van der Waals surface area contributed by atoms with Crippen LogP contribution in [0.4, 0.5) is 105 Å². The number of alkyl halides is 24. The predicted octanol–water partition coefficient (Wildman–Crippen LogP) is 6.49. The van der Waals surface area contributed by atoms with Gasteiger partial charge in [0.05, 0.1) is 0 Å². The van der Waals surface area contributed by atoms with Gasteiger partial charge in [0, 0.05) is 12.6 Å². The molecule has 0 spiro atoms. The van der Waals surface area contributed by atoms with Gasteiger partial charge in [0.25, 0.3) is 11.8 Å². The standard InChI is InChI=1S/C17H10F24N2O2/c1-3(43-7(45)11(28,29)15(36,37)17(40,41)13(32,33)9(24,25)5(20)21)2-42-6(44)10(26,27)14(34,35)16(38,39)12(30,31)8(22,23)4(18)19/h3-5H,2H2,1H3,(H,42,44)(H,43,45). The summed E-state index contributed by atoms with van der Waals surface area (Å²) in [4.78, 5) is 22.6. The van der Waals surface area contributed by atoms with E-state index in [1.165, 1.54) is 0 Å². The lowest BCUT2D eigenvalue weighted by Crippen LogP contribution is -2.71. The van der Waals surface area contributed by atoms with Crippen LogP contribution in [0.2, 0.25) is 0 Å². The second-order valence-electron chi connectivity index (χ2n) is 8.53. The minimum atomic E-state index is -8.24. The van der Waals surface area contributed by atoms with E-state index in [9.17, 15) is 115 Å². The van der Waals surface area contributed by atoms with E-state index in [0.29, 0.717) is 0 Å². The van der Waals surface area contributed by atoms with Crippen molar-refractivity contribution < 1.29 is 115 Å². The SMILES string of the molecule is CC(CNC(=O)C(F)(F)C(F)(F)C(F)(F)C(F)(F)C(F)(F)C(F)F)NC(=O)C(F)(F)C(F)(F)C(F)(F)C(F)(F)C(F)(F)C(F)F. The zero-order valence-corrected chi connectivity index (χ0v) is 20.3. The number of hydrogen-bond acceptors (Lipinski definition) is 2. The van der Waals surface area contributed by atoms with Gasteiger partial charge in [-0.25, -0.2) is 17.6 Å². The zero-order chi connectivity index (χ0) is 37.0. The van der Waals surface area contributed by atoms with Crippen LogP contribution in [-0.2, 0) is 9.59 Å². The first-order valence-electron chi connectivity index (χ1n) is 10.3. The molecule has 0 aromatic carbocycles. The van der Waals surface area contributed by atoms with E-state index < -0.39 is 96.5 Å². The first-order valence-corrected chi connectivity index (χ1v) is 10.3. The summed E-state index contributed by atoms with van der Waals surface area (Å²) >= 11 is 0. The fourth-order valence-corrected chi connectivity index (χ4v) is 2.49. The molecule has 1 atom stereocenters. The Balaban J connectivity index is 6.06. The van der Waals surface area contributed by atoms with E-state index in [2.05, 4.69) is 0 Å². The average Bonchev–Trinajstić information content (AvgIpc) is 2.85. The van der Waals surface area contributed by atoms with Crippen LogP contribution in [0.15, 0.2) is 0 Å². The van der Waals surface area contributed by atoms with Gasteiger partial charge < -0.3 is 10.6 Å². The fourth-order valence-electron chi connectivity index (χ4n) is 2.49. The summed E-state index contributed by atoms with van der Waals surface area (Å²) in [5, 5.41) is 0.479. The summed E-state index contributed by atoms with van der Waals surface area (Å²) in [7, 11) is 0. The van der Waals surface area contributed by atoms with Crippen LogP contribution < -0.4 is 10.6 Å². The van der Waals surface area contributed by atoms with Crippen molar-refractivity contribution in [2.75, 3.05) is 6.54 Å². The highest BCUT2D eigenvalue weighted by Gasteiger charge is 2.90. The van der Waals surface area contributed by atoms with Crippen molar-refractivity contribution in [2.45, 2.75) is 85.0 Å². The highest BCUT2D eigenvalue weighted by Crippen LogP contribution is 2.59. The molecule has 268 valence electrons. The molecule has 2 N–H and O–H groups in total. The highest BCUT2D eigenvalue weighted by molar-refractivity contribution is 5.86. The maximum atomic E-state index is 13.7. The summed E-state index contributed by atoms with van der Waals surface area (Å²) in [6.07, 6.45) is -11.8. The van der Waals surface area contributed by atoms with Crippen LogP contribution in [-0.4, -0.2) is 96.5 Å². The average molecular weight is 730 g/mol. The number of nitrogens with one attached hydrogen (secondary N) is 2. The summed E-state index contributed by atoms with van der Waals surface area (Å²) < 4.78 is 315. The van der Waals surface area contributed by atoms with Crippen LogP contribution >= 0.6 is 0 Å². The maximum absolute atomic E-state index is 13.7. The molecule has 0 aromatic heterocycles. The zero-order valence-electron chi connectivity index (χ0n) is 20.3. The fraction of sp³-hybridized carbons (Fsp3) is 0.882.